The number of anilines is 2. The average molecular weight is 434 g/mol. The number of carbonyl (C=O) groups is 2. The predicted octanol–water partition coefficient (Wildman–Crippen LogP) is 1.44. The molecule has 170 valence electrons. The van der Waals surface area contributed by atoms with E-state index in [4.69, 9.17) is 10.2 Å². The molecule has 0 aliphatic rings. The smallest absolute Gasteiger partial charge is 0.330 e. The monoisotopic (exact) mass is 433 g/mol. The molecule has 0 spiro atoms. The van der Waals surface area contributed by atoms with E-state index in [9.17, 15) is 19.2 Å². The zero-order chi connectivity index (χ0) is 23.5. The van der Waals surface area contributed by atoms with Crippen molar-refractivity contribution in [3.63, 3.8) is 0 Å². The number of hydrogen-bond acceptors (Lipinski definition) is 6. The summed E-state index contributed by atoms with van der Waals surface area (Å²) >= 11 is 0. The molecule has 0 aromatic carbocycles. The molecule has 0 unspecified atom stereocenters. The zero-order valence-corrected chi connectivity index (χ0v) is 18.9. The number of likely N-dealkylation sites (N-methyl/N-ethyl adjacent to an activating group) is 1. The van der Waals surface area contributed by atoms with E-state index in [1.165, 1.54) is 27.5 Å². The van der Waals surface area contributed by atoms with Crippen molar-refractivity contribution in [2.24, 2.45) is 11.8 Å². The summed E-state index contributed by atoms with van der Waals surface area (Å²) in [5, 5.41) is 0. The predicted molar refractivity (Wildman–Crippen MR) is 118 cm³/mol. The summed E-state index contributed by atoms with van der Waals surface area (Å²) in [5.74, 6) is -0.248. The van der Waals surface area contributed by atoms with Gasteiger partial charge >= 0.3 is 5.69 Å². The number of carbonyl (C=O) groups excluding carboxylic acids is 2. The second kappa shape index (κ2) is 9.67. The van der Waals surface area contributed by atoms with Crippen molar-refractivity contribution >= 4 is 23.3 Å². The average Bonchev–Trinajstić information content (AvgIpc) is 3.09. The SMILES string of the molecule is Cc1ccc(C(=O)N(C)CC(=O)N(CC(C)C)c2c(N)n(CC(C)C)c(=O)[nH]c2=O)o1. The van der Waals surface area contributed by atoms with Gasteiger partial charge in [-0.1, -0.05) is 27.7 Å². The quantitative estimate of drug-likeness (QED) is 0.647. The molecule has 10 nitrogen and oxygen atoms in total. The number of nitrogen functional groups attached to an aromatic ring is 1. The summed E-state index contributed by atoms with van der Waals surface area (Å²) in [6.45, 7) is 9.48. The molecule has 0 fully saturated rings. The van der Waals surface area contributed by atoms with Crippen LogP contribution in [0.25, 0.3) is 0 Å². The summed E-state index contributed by atoms with van der Waals surface area (Å²) in [6.07, 6.45) is 0. The largest absolute Gasteiger partial charge is 0.456 e. The molecule has 2 heterocycles. The maximum atomic E-state index is 13.2. The van der Waals surface area contributed by atoms with E-state index in [0.717, 1.165) is 0 Å². The lowest BCUT2D eigenvalue weighted by molar-refractivity contribution is -0.119. The Morgan fingerprint density at radius 2 is 1.81 bits per heavy atom. The molecule has 0 aliphatic heterocycles. The molecule has 0 bridgehead atoms. The summed E-state index contributed by atoms with van der Waals surface area (Å²) in [5.41, 5.74) is 4.73. The van der Waals surface area contributed by atoms with Gasteiger partial charge in [0, 0.05) is 20.1 Å². The van der Waals surface area contributed by atoms with E-state index in [0.29, 0.717) is 5.76 Å². The number of amides is 2. The third-order valence-electron chi connectivity index (χ3n) is 4.55. The maximum Gasteiger partial charge on any atom is 0.330 e. The summed E-state index contributed by atoms with van der Waals surface area (Å²) in [4.78, 5) is 55.3. The van der Waals surface area contributed by atoms with Gasteiger partial charge in [-0.05, 0) is 30.9 Å². The molecular weight excluding hydrogens is 402 g/mol. The first-order valence-corrected chi connectivity index (χ1v) is 10.2. The van der Waals surface area contributed by atoms with E-state index >= 15 is 0 Å². The Kier molecular flexibility index (Phi) is 7.48. The van der Waals surface area contributed by atoms with Crippen molar-refractivity contribution in [3.8, 4) is 0 Å². The van der Waals surface area contributed by atoms with Crippen molar-refractivity contribution in [1.82, 2.24) is 14.5 Å². The first-order chi connectivity index (χ1) is 14.4. The highest BCUT2D eigenvalue weighted by Gasteiger charge is 2.27. The number of H-pyrrole nitrogens is 1. The van der Waals surface area contributed by atoms with Crippen LogP contribution in [-0.2, 0) is 11.3 Å². The van der Waals surface area contributed by atoms with Crippen molar-refractivity contribution in [1.29, 1.82) is 0 Å². The van der Waals surface area contributed by atoms with Crippen molar-refractivity contribution < 1.29 is 14.0 Å². The van der Waals surface area contributed by atoms with Gasteiger partial charge in [-0.2, -0.15) is 0 Å². The van der Waals surface area contributed by atoms with Crippen molar-refractivity contribution in [2.75, 3.05) is 30.8 Å². The van der Waals surface area contributed by atoms with Gasteiger partial charge in [0.05, 0.1) is 0 Å². The van der Waals surface area contributed by atoms with Crippen LogP contribution in [0.4, 0.5) is 11.5 Å². The topological polar surface area (TPSA) is 135 Å². The van der Waals surface area contributed by atoms with E-state index in [2.05, 4.69) is 4.98 Å². The zero-order valence-electron chi connectivity index (χ0n) is 18.9. The molecule has 10 heteroatoms. The molecular formula is C21H31N5O5. The number of aromatic amines is 1. The van der Waals surface area contributed by atoms with Gasteiger partial charge in [0.1, 0.15) is 18.1 Å². The lowest BCUT2D eigenvalue weighted by Gasteiger charge is -2.28. The Bertz CT molecular complexity index is 1060. The number of nitrogens with one attached hydrogen (secondary N) is 1. The van der Waals surface area contributed by atoms with Crippen LogP contribution in [0.5, 0.6) is 0 Å². The molecule has 3 N–H and O–H groups in total. The van der Waals surface area contributed by atoms with Gasteiger partial charge in [0.2, 0.25) is 5.91 Å². The summed E-state index contributed by atoms with van der Waals surface area (Å²) in [6, 6.07) is 3.20. The fourth-order valence-electron chi connectivity index (χ4n) is 3.17. The van der Waals surface area contributed by atoms with Gasteiger partial charge in [0.25, 0.3) is 11.5 Å². The molecule has 2 amide bonds. The molecule has 2 aromatic heterocycles. The molecule has 2 rings (SSSR count). The van der Waals surface area contributed by atoms with Crippen LogP contribution in [0, 0.1) is 18.8 Å². The first-order valence-electron chi connectivity index (χ1n) is 10.2. The highest BCUT2D eigenvalue weighted by molar-refractivity contribution is 6.00. The van der Waals surface area contributed by atoms with Crippen LogP contribution >= 0.6 is 0 Å². The lowest BCUT2D eigenvalue weighted by Crippen LogP contribution is -2.47. The van der Waals surface area contributed by atoms with Crippen LogP contribution in [0.1, 0.15) is 44.0 Å². The first kappa shape index (κ1) is 24.0. The van der Waals surface area contributed by atoms with Crippen molar-refractivity contribution in [3.05, 3.63) is 44.5 Å². The number of furan rings is 1. The maximum absolute atomic E-state index is 13.2. The molecule has 0 atom stereocenters. The van der Waals surface area contributed by atoms with Gasteiger partial charge in [-0.15, -0.1) is 0 Å². The number of nitrogens with zero attached hydrogens (tertiary/aromatic N) is 3. The second-order valence-electron chi connectivity index (χ2n) is 8.47. The minimum atomic E-state index is -0.743. The normalized spacial score (nSPS) is 11.2. The Labute approximate surface area is 180 Å². The van der Waals surface area contributed by atoms with E-state index in [-0.39, 0.29) is 48.7 Å². The van der Waals surface area contributed by atoms with Crippen LogP contribution in [-0.4, -0.2) is 46.4 Å². The highest BCUT2D eigenvalue weighted by Crippen LogP contribution is 2.20. The van der Waals surface area contributed by atoms with E-state index in [1.54, 1.807) is 13.0 Å². The summed E-state index contributed by atoms with van der Waals surface area (Å²) in [7, 11) is 1.47. The molecule has 31 heavy (non-hydrogen) atoms. The fourth-order valence-corrected chi connectivity index (χ4v) is 3.17. The molecule has 0 aliphatic carbocycles. The van der Waals surface area contributed by atoms with Gasteiger partial charge in [-0.25, -0.2) is 4.79 Å². The molecule has 0 radical (unpaired) electrons. The van der Waals surface area contributed by atoms with Gasteiger partial charge in [0.15, 0.2) is 11.4 Å². The van der Waals surface area contributed by atoms with E-state index in [1.807, 2.05) is 27.7 Å². The van der Waals surface area contributed by atoms with Crippen LogP contribution in [0.3, 0.4) is 0 Å². The minimum Gasteiger partial charge on any atom is -0.456 e. The van der Waals surface area contributed by atoms with Gasteiger partial charge < -0.3 is 20.0 Å². The van der Waals surface area contributed by atoms with Crippen LogP contribution in [0.2, 0.25) is 0 Å². The summed E-state index contributed by atoms with van der Waals surface area (Å²) < 4.78 is 6.59. The molecule has 0 saturated carbocycles. The van der Waals surface area contributed by atoms with Crippen LogP contribution in [0.15, 0.2) is 26.1 Å². The number of rotatable bonds is 8. The fraction of sp³-hybridized carbons (Fsp3) is 0.524. The van der Waals surface area contributed by atoms with Crippen LogP contribution < -0.4 is 21.9 Å². The Morgan fingerprint density at radius 3 is 2.32 bits per heavy atom. The number of aryl methyl sites for hydroxylation is 1. The number of hydrogen-bond donors (Lipinski definition) is 2. The minimum absolute atomic E-state index is 0.00181. The third-order valence-corrected chi connectivity index (χ3v) is 4.55. The molecule has 0 saturated heterocycles. The van der Waals surface area contributed by atoms with Gasteiger partial charge in [-0.3, -0.25) is 23.9 Å². The molecule has 2 aromatic rings. The number of aromatic nitrogens is 2. The Morgan fingerprint density at radius 1 is 1.16 bits per heavy atom. The number of nitrogens with two attached hydrogens (primary N) is 1. The third kappa shape index (κ3) is 5.65. The second-order valence-corrected chi connectivity index (χ2v) is 8.47. The highest BCUT2D eigenvalue weighted by atomic mass is 16.3. The van der Waals surface area contributed by atoms with Crippen molar-refractivity contribution in [2.45, 2.75) is 41.2 Å². The Balaban J connectivity index is 2.41. The standard InChI is InChI=1S/C21H31N5O5/c1-12(2)9-25(16(27)11-24(6)20(29)15-8-7-14(5)31-15)17-18(22)26(10-13(3)4)21(30)23-19(17)28/h7-8,12-13H,9-11,22H2,1-6H3,(H,23,28,30). The Hall–Kier alpha value is -3.30. The lowest BCUT2D eigenvalue weighted by atomic mass is 10.2. The van der Waals surface area contributed by atoms with E-state index < -0.39 is 23.1 Å².